The van der Waals surface area contributed by atoms with Crippen molar-refractivity contribution in [2.75, 3.05) is 13.1 Å². The number of carboxylic acids is 1. The molecule has 1 aromatic heterocycles. The number of pyridine rings is 1. The van der Waals surface area contributed by atoms with E-state index >= 15 is 0 Å². The zero-order valence-electron chi connectivity index (χ0n) is 21.0. The number of benzene rings is 3. The Hall–Kier alpha value is -3.27. The smallest absolute Gasteiger partial charge is 0.328 e. The zero-order valence-corrected chi connectivity index (χ0v) is 23.4. The van der Waals surface area contributed by atoms with Gasteiger partial charge in [-0.2, -0.15) is 4.31 Å². The number of hydrogen-bond donors (Lipinski definition) is 1. The quantitative estimate of drug-likeness (QED) is 0.324. The maximum atomic E-state index is 14.1. The van der Waals surface area contributed by atoms with Crippen LogP contribution in [-0.4, -0.2) is 41.5 Å². The number of hydrogen-bond acceptors (Lipinski definition) is 4. The standard InChI is InChI=1S/C29H27BrN2O5S/c1-3-14-31-17-24(29(34)35)32-27(33)26(30)23(16-20-11-7-10-19-9-4-5-13-22(19)20)25(28(32)38(31,36)37)21-12-6-8-18(2)15-21/h4-13,15,24H,3,14,16-17H2,1-2H3,(H,34,35). The molecule has 1 unspecified atom stereocenters. The summed E-state index contributed by atoms with van der Waals surface area (Å²) in [4.78, 5) is 26.1. The second kappa shape index (κ2) is 10.1. The van der Waals surface area contributed by atoms with Gasteiger partial charge in [0.15, 0.2) is 5.03 Å². The molecule has 1 aliphatic rings. The minimum Gasteiger partial charge on any atom is -0.480 e. The van der Waals surface area contributed by atoms with Gasteiger partial charge in [-0.05, 0) is 56.7 Å². The predicted molar refractivity (Wildman–Crippen MR) is 151 cm³/mol. The molecule has 1 atom stereocenters. The average Bonchev–Trinajstić information content (AvgIpc) is 2.89. The van der Waals surface area contributed by atoms with E-state index in [2.05, 4.69) is 15.9 Å². The Morgan fingerprint density at radius 3 is 2.50 bits per heavy atom. The molecule has 0 saturated heterocycles. The fourth-order valence-corrected chi connectivity index (χ4v) is 7.76. The van der Waals surface area contributed by atoms with Crippen LogP contribution in [0.25, 0.3) is 21.9 Å². The Morgan fingerprint density at radius 2 is 1.79 bits per heavy atom. The molecule has 0 radical (unpaired) electrons. The molecule has 0 saturated carbocycles. The van der Waals surface area contributed by atoms with Gasteiger partial charge in [0.1, 0.15) is 6.04 Å². The number of fused-ring (bicyclic) bond motifs is 2. The van der Waals surface area contributed by atoms with Gasteiger partial charge in [-0.3, -0.25) is 9.36 Å². The number of carboxylic acid groups (broad SMARTS) is 1. The Labute approximate surface area is 229 Å². The molecule has 5 rings (SSSR count). The lowest BCUT2D eigenvalue weighted by Gasteiger charge is -2.35. The summed E-state index contributed by atoms with van der Waals surface area (Å²) < 4.78 is 30.5. The molecule has 7 nitrogen and oxygen atoms in total. The SMILES string of the molecule is CCCN1CC(C(=O)O)n2c(c(-c3cccc(C)c3)c(Cc3cccc4ccccc34)c(Br)c2=O)S1(=O)=O. The minimum absolute atomic E-state index is 0.155. The normalized spacial score (nSPS) is 16.9. The highest BCUT2D eigenvalue weighted by atomic mass is 79.9. The lowest BCUT2D eigenvalue weighted by molar-refractivity contribution is -0.141. The highest BCUT2D eigenvalue weighted by Gasteiger charge is 2.44. The van der Waals surface area contributed by atoms with Crippen molar-refractivity contribution in [3.05, 3.63) is 98.2 Å². The molecular formula is C29H27BrN2O5S. The van der Waals surface area contributed by atoms with E-state index in [1.165, 1.54) is 4.31 Å². The van der Waals surface area contributed by atoms with Crippen molar-refractivity contribution in [2.45, 2.75) is 37.8 Å². The molecule has 9 heteroatoms. The highest BCUT2D eigenvalue weighted by Crippen LogP contribution is 2.40. The molecule has 0 spiro atoms. The first-order chi connectivity index (χ1) is 18.1. The average molecular weight is 596 g/mol. The van der Waals surface area contributed by atoms with Gasteiger partial charge in [0, 0.05) is 25.1 Å². The molecule has 0 bridgehead atoms. The molecule has 1 aliphatic heterocycles. The highest BCUT2D eigenvalue weighted by molar-refractivity contribution is 9.10. The summed E-state index contributed by atoms with van der Waals surface area (Å²) in [5.74, 6) is -1.26. The van der Waals surface area contributed by atoms with Crippen molar-refractivity contribution in [3.8, 4) is 11.1 Å². The van der Waals surface area contributed by atoms with E-state index < -0.39 is 27.6 Å². The van der Waals surface area contributed by atoms with Crippen LogP contribution in [0.15, 0.2) is 81.0 Å². The number of aliphatic carboxylic acids is 1. The van der Waals surface area contributed by atoms with E-state index in [1.807, 2.05) is 74.5 Å². The summed E-state index contributed by atoms with van der Waals surface area (Å²) in [6.07, 6.45) is 0.782. The zero-order chi connectivity index (χ0) is 27.2. The van der Waals surface area contributed by atoms with Crippen molar-refractivity contribution in [3.63, 3.8) is 0 Å². The van der Waals surface area contributed by atoms with Crippen LogP contribution in [0.4, 0.5) is 0 Å². The summed E-state index contributed by atoms with van der Waals surface area (Å²) in [7, 11) is -4.19. The summed E-state index contributed by atoms with van der Waals surface area (Å²) in [5, 5.41) is 11.8. The van der Waals surface area contributed by atoms with Gasteiger partial charge in [-0.25, -0.2) is 13.2 Å². The van der Waals surface area contributed by atoms with E-state index in [9.17, 15) is 23.1 Å². The molecule has 3 aromatic carbocycles. The van der Waals surface area contributed by atoms with Crippen LogP contribution in [-0.2, 0) is 21.2 Å². The van der Waals surface area contributed by atoms with E-state index in [0.717, 1.165) is 26.5 Å². The third-order valence-corrected chi connectivity index (χ3v) is 9.71. The number of halogens is 1. The number of carbonyl (C=O) groups is 1. The lowest BCUT2D eigenvalue weighted by Crippen LogP contribution is -2.50. The van der Waals surface area contributed by atoms with Crippen LogP contribution < -0.4 is 5.56 Å². The van der Waals surface area contributed by atoms with Crippen LogP contribution >= 0.6 is 15.9 Å². The van der Waals surface area contributed by atoms with E-state index in [4.69, 9.17) is 0 Å². The topological polar surface area (TPSA) is 96.7 Å². The van der Waals surface area contributed by atoms with E-state index in [0.29, 0.717) is 23.1 Å². The summed E-state index contributed by atoms with van der Waals surface area (Å²) in [6.45, 7) is 3.59. The second-order valence-electron chi connectivity index (χ2n) is 9.55. The Bertz CT molecular complexity index is 1740. The molecular weight excluding hydrogens is 568 g/mol. The molecule has 4 aromatic rings. The Kier molecular flexibility index (Phi) is 7.02. The van der Waals surface area contributed by atoms with Gasteiger partial charge in [0.25, 0.3) is 15.6 Å². The Morgan fingerprint density at radius 1 is 1.08 bits per heavy atom. The van der Waals surface area contributed by atoms with Crippen molar-refractivity contribution in [1.82, 2.24) is 8.87 Å². The molecule has 0 aliphatic carbocycles. The Balaban J connectivity index is 1.91. The van der Waals surface area contributed by atoms with Gasteiger partial charge < -0.3 is 5.11 Å². The van der Waals surface area contributed by atoms with Crippen molar-refractivity contribution in [2.24, 2.45) is 0 Å². The van der Waals surface area contributed by atoms with Crippen LogP contribution in [0.1, 0.15) is 36.1 Å². The maximum Gasteiger partial charge on any atom is 0.328 e. The van der Waals surface area contributed by atoms with Gasteiger partial charge in [-0.1, -0.05) is 79.2 Å². The first-order valence-corrected chi connectivity index (χ1v) is 14.6. The molecule has 1 N–H and O–H groups in total. The van der Waals surface area contributed by atoms with E-state index in [-0.39, 0.29) is 29.0 Å². The largest absolute Gasteiger partial charge is 0.480 e. The number of aromatic nitrogens is 1. The summed E-state index contributed by atoms with van der Waals surface area (Å²) in [6, 6.07) is 19.8. The van der Waals surface area contributed by atoms with Gasteiger partial charge >= 0.3 is 5.97 Å². The van der Waals surface area contributed by atoms with Gasteiger partial charge in [0.2, 0.25) is 0 Å². The first kappa shape index (κ1) is 26.3. The molecule has 0 fully saturated rings. The predicted octanol–water partition coefficient (Wildman–Crippen LogP) is 5.37. The fourth-order valence-electron chi connectivity index (χ4n) is 5.27. The van der Waals surface area contributed by atoms with Gasteiger partial charge in [-0.15, -0.1) is 0 Å². The monoisotopic (exact) mass is 594 g/mol. The number of nitrogens with zero attached hydrogens (tertiary/aromatic N) is 2. The van der Waals surface area contributed by atoms with Crippen LogP contribution in [0, 0.1) is 6.92 Å². The van der Waals surface area contributed by atoms with Crippen LogP contribution in [0.2, 0.25) is 0 Å². The van der Waals surface area contributed by atoms with Crippen LogP contribution in [0.3, 0.4) is 0 Å². The second-order valence-corrected chi connectivity index (χ2v) is 12.2. The number of sulfonamides is 1. The summed E-state index contributed by atoms with van der Waals surface area (Å²) >= 11 is 3.47. The first-order valence-electron chi connectivity index (χ1n) is 12.4. The lowest BCUT2D eigenvalue weighted by atomic mass is 9.93. The van der Waals surface area contributed by atoms with Gasteiger partial charge in [0.05, 0.1) is 4.47 Å². The minimum atomic E-state index is -4.19. The van der Waals surface area contributed by atoms with Crippen molar-refractivity contribution in [1.29, 1.82) is 0 Å². The van der Waals surface area contributed by atoms with Crippen molar-refractivity contribution >= 4 is 42.7 Å². The third kappa shape index (κ3) is 4.38. The molecule has 2 heterocycles. The maximum absolute atomic E-state index is 14.1. The van der Waals surface area contributed by atoms with E-state index in [1.54, 1.807) is 6.07 Å². The van der Waals surface area contributed by atoms with Crippen LogP contribution in [0.5, 0.6) is 0 Å². The molecule has 38 heavy (non-hydrogen) atoms. The summed E-state index contributed by atoms with van der Waals surface area (Å²) in [5.41, 5.74) is 2.63. The molecule has 0 amide bonds. The fraction of sp³-hybridized carbons (Fsp3) is 0.241. The number of aryl methyl sites for hydroxylation is 1. The van der Waals surface area contributed by atoms with Crippen molar-refractivity contribution < 1.29 is 18.3 Å². The number of rotatable bonds is 6. The molecule has 196 valence electrons. The third-order valence-electron chi connectivity index (χ3n) is 6.99.